The van der Waals surface area contributed by atoms with Crippen molar-refractivity contribution >= 4 is 12.1 Å². The molecule has 0 fully saturated rings. The van der Waals surface area contributed by atoms with Crippen LogP contribution in [0, 0.1) is 6.92 Å². The Kier molecular flexibility index (Phi) is 5.35. The zero-order valence-corrected chi connectivity index (χ0v) is 13.2. The lowest BCUT2D eigenvalue weighted by Crippen LogP contribution is -2.46. The second-order valence-electron chi connectivity index (χ2n) is 6.14. The second kappa shape index (κ2) is 6.61. The SMILES string of the molecule is Cc1ccc(C[C@H](C(=O)O)N(C)C(=O)OC(C)(C)C)cc1. The van der Waals surface area contributed by atoms with Crippen molar-refractivity contribution in [3.63, 3.8) is 0 Å². The minimum Gasteiger partial charge on any atom is -0.480 e. The topological polar surface area (TPSA) is 66.8 Å². The van der Waals surface area contributed by atoms with Crippen molar-refractivity contribution in [1.82, 2.24) is 4.90 Å². The fourth-order valence-corrected chi connectivity index (χ4v) is 1.80. The summed E-state index contributed by atoms with van der Waals surface area (Å²) in [6.07, 6.45) is -0.396. The molecule has 0 bridgehead atoms. The molecule has 1 amide bonds. The average Bonchev–Trinajstić information content (AvgIpc) is 2.34. The Hall–Kier alpha value is -2.04. The van der Waals surface area contributed by atoms with Crippen LogP contribution in [0.4, 0.5) is 4.79 Å². The van der Waals surface area contributed by atoms with Crippen LogP contribution in [-0.4, -0.2) is 40.8 Å². The average molecular weight is 293 g/mol. The smallest absolute Gasteiger partial charge is 0.410 e. The van der Waals surface area contributed by atoms with Gasteiger partial charge in [-0.2, -0.15) is 0 Å². The van der Waals surface area contributed by atoms with Gasteiger partial charge in [-0.3, -0.25) is 4.90 Å². The lowest BCUT2D eigenvalue weighted by Gasteiger charge is -2.28. The number of carbonyl (C=O) groups excluding carboxylic acids is 1. The van der Waals surface area contributed by atoms with Crippen LogP contribution in [0.2, 0.25) is 0 Å². The highest BCUT2D eigenvalue weighted by Gasteiger charge is 2.30. The molecule has 0 spiro atoms. The molecule has 5 heteroatoms. The van der Waals surface area contributed by atoms with Gasteiger partial charge in [0.1, 0.15) is 11.6 Å². The van der Waals surface area contributed by atoms with Crippen LogP contribution in [-0.2, 0) is 16.0 Å². The van der Waals surface area contributed by atoms with E-state index in [0.29, 0.717) is 0 Å². The van der Waals surface area contributed by atoms with E-state index >= 15 is 0 Å². The monoisotopic (exact) mass is 293 g/mol. The van der Waals surface area contributed by atoms with Crippen LogP contribution in [0.5, 0.6) is 0 Å². The first-order valence-electron chi connectivity index (χ1n) is 6.84. The summed E-state index contributed by atoms with van der Waals surface area (Å²) in [5, 5.41) is 9.36. The highest BCUT2D eigenvalue weighted by Crippen LogP contribution is 2.14. The van der Waals surface area contributed by atoms with Crippen molar-refractivity contribution in [3.05, 3.63) is 35.4 Å². The van der Waals surface area contributed by atoms with Crippen LogP contribution < -0.4 is 0 Å². The molecule has 0 radical (unpaired) electrons. The summed E-state index contributed by atoms with van der Waals surface area (Å²) in [6, 6.07) is 6.62. The molecule has 0 aliphatic carbocycles. The molecule has 0 aliphatic rings. The first kappa shape index (κ1) is 17.0. The molecule has 0 saturated carbocycles. The molecule has 116 valence electrons. The number of ether oxygens (including phenoxy) is 1. The zero-order valence-electron chi connectivity index (χ0n) is 13.2. The van der Waals surface area contributed by atoms with E-state index in [1.54, 1.807) is 20.8 Å². The number of carboxylic acid groups (broad SMARTS) is 1. The van der Waals surface area contributed by atoms with E-state index in [9.17, 15) is 14.7 Å². The summed E-state index contributed by atoms with van der Waals surface area (Å²) in [6.45, 7) is 7.20. The van der Waals surface area contributed by atoms with E-state index in [4.69, 9.17) is 4.74 Å². The molecule has 0 aliphatic heterocycles. The number of nitrogens with zero attached hydrogens (tertiary/aromatic N) is 1. The Bertz CT molecular complexity index is 502. The summed E-state index contributed by atoms with van der Waals surface area (Å²) in [5.41, 5.74) is 1.31. The minimum atomic E-state index is -1.05. The van der Waals surface area contributed by atoms with Crippen molar-refractivity contribution in [2.75, 3.05) is 7.05 Å². The van der Waals surface area contributed by atoms with Crippen LogP contribution in [0.25, 0.3) is 0 Å². The molecule has 21 heavy (non-hydrogen) atoms. The van der Waals surface area contributed by atoms with Gasteiger partial charge in [-0.1, -0.05) is 29.8 Å². The fraction of sp³-hybridized carbons (Fsp3) is 0.500. The van der Waals surface area contributed by atoms with E-state index in [2.05, 4.69) is 0 Å². The van der Waals surface area contributed by atoms with Crippen molar-refractivity contribution in [2.24, 2.45) is 0 Å². The minimum absolute atomic E-state index is 0.241. The van der Waals surface area contributed by atoms with Crippen LogP contribution in [0.15, 0.2) is 24.3 Å². The van der Waals surface area contributed by atoms with Gasteiger partial charge in [0.05, 0.1) is 0 Å². The van der Waals surface area contributed by atoms with Crippen molar-refractivity contribution in [3.8, 4) is 0 Å². The molecule has 1 aromatic rings. The Labute approximate surface area is 125 Å². The predicted molar refractivity (Wildman–Crippen MR) is 80.3 cm³/mol. The molecule has 0 heterocycles. The van der Waals surface area contributed by atoms with Crippen LogP contribution >= 0.6 is 0 Å². The van der Waals surface area contributed by atoms with E-state index < -0.39 is 23.7 Å². The molecule has 1 aromatic carbocycles. The number of aliphatic carboxylic acids is 1. The number of benzene rings is 1. The zero-order chi connectivity index (χ0) is 16.2. The summed E-state index contributed by atoms with van der Waals surface area (Å²) in [7, 11) is 1.45. The van der Waals surface area contributed by atoms with Gasteiger partial charge in [0, 0.05) is 13.5 Å². The van der Waals surface area contributed by atoms with Gasteiger partial charge in [0.15, 0.2) is 0 Å². The van der Waals surface area contributed by atoms with E-state index in [1.165, 1.54) is 7.05 Å². The number of amides is 1. The largest absolute Gasteiger partial charge is 0.480 e. The summed E-state index contributed by atoms with van der Waals surface area (Å²) >= 11 is 0. The van der Waals surface area contributed by atoms with Crippen molar-refractivity contribution in [2.45, 2.75) is 45.8 Å². The van der Waals surface area contributed by atoms with Crippen LogP contribution in [0.1, 0.15) is 31.9 Å². The van der Waals surface area contributed by atoms with Crippen molar-refractivity contribution in [1.29, 1.82) is 0 Å². The third-order valence-electron chi connectivity index (χ3n) is 2.98. The first-order valence-corrected chi connectivity index (χ1v) is 6.84. The van der Waals surface area contributed by atoms with E-state index in [0.717, 1.165) is 16.0 Å². The molecular weight excluding hydrogens is 270 g/mol. The summed E-state index contributed by atoms with van der Waals surface area (Å²) < 4.78 is 5.21. The number of carbonyl (C=O) groups is 2. The maximum Gasteiger partial charge on any atom is 0.410 e. The summed E-state index contributed by atoms with van der Waals surface area (Å²) in [5.74, 6) is -1.05. The molecule has 0 unspecified atom stereocenters. The molecule has 5 nitrogen and oxygen atoms in total. The second-order valence-corrected chi connectivity index (χ2v) is 6.14. The van der Waals surface area contributed by atoms with E-state index in [1.807, 2.05) is 31.2 Å². The molecular formula is C16H23NO4. The molecule has 1 atom stereocenters. The number of likely N-dealkylation sites (N-methyl/N-ethyl adjacent to an activating group) is 1. The highest BCUT2D eigenvalue weighted by atomic mass is 16.6. The highest BCUT2D eigenvalue weighted by molar-refractivity contribution is 5.80. The number of aryl methyl sites for hydroxylation is 1. The van der Waals surface area contributed by atoms with Gasteiger partial charge in [-0.05, 0) is 33.3 Å². The number of hydrogen-bond donors (Lipinski definition) is 1. The maximum atomic E-state index is 12.0. The quantitative estimate of drug-likeness (QED) is 0.927. The summed E-state index contributed by atoms with van der Waals surface area (Å²) in [4.78, 5) is 24.6. The van der Waals surface area contributed by atoms with Gasteiger partial charge in [0.2, 0.25) is 0 Å². The number of carboxylic acids is 1. The van der Waals surface area contributed by atoms with Crippen molar-refractivity contribution < 1.29 is 19.4 Å². The van der Waals surface area contributed by atoms with Gasteiger partial charge in [-0.15, -0.1) is 0 Å². The number of rotatable bonds is 4. The first-order chi connectivity index (χ1) is 9.60. The standard InChI is InChI=1S/C16H23NO4/c1-11-6-8-12(9-7-11)10-13(14(18)19)17(5)15(20)21-16(2,3)4/h6-9,13H,10H2,1-5H3,(H,18,19)/t13-/m1/s1. The molecule has 0 aromatic heterocycles. The molecule has 1 rings (SSSR count). The van der Waals surface area contributed by atoms with Gasteiger partial charge in [-0.25, -0.2) is 9.59 Å². The third kappa shape index (κ3) is 5.45. The Morgan fingerprint density at radius 3 is 2.19 bits per heavy atom. The molecule has 1 N–H and O–H groups in total. The normalized spacial score (nSPS) is 12.6. The Morgan fingerprint density at radius 2 is 1.76 bits per heavy atom. The third-order valence-corrected chi connectivity index (χ3v) is 2.98. The van der Waals surface area contributed by atoms with Gasteiger partial charge < -0.3 is 9.84 Å². The Balaban J connectivity index is 2.83. The lowest BCUT2D eigenvalue weighted by atomic mass is 10.0. The van der Waals surface area contributed by atoms with Gasteiger partial charge >= 0.3 is 12.1 Å². The van der Waals surface area contributed by atoms with Gasteiger partial charge in [0.25, 0.3) is 0 Å². The lowest BCUT2D eigenvalue weighted by molar-refractivity contribution is -0.142. The number of hydrogen-bond acceptors (Lipinski definition) is 3. The Morgan fingerprint density at radius 1 is 1.24 bits per heavy atom. The molecule has 0 saturated heterocycles. The fourth-order valence-electron chi connectivity index (χ4n) is 1.80. The van der Waals surface area contributed by atoms with E-state index in [-0.39, 0.29) is 6.42 Å². The van der Waals surface area contributed by atoms with Crippen LogP contribution in [0.3, 0.4) is 0 Å². The predicted octanol–water partition coefficient (Wildman–Crippen LogP) is 2.86. The maximum absolute atomic E-state index is 12.0.